The number of halogens is 2. The molecule has 0 aromatic heterocycles. The minimum absolute atomic E-state index is 0.121. The van der Waals surface area contributed by atoms with Crippen molar-refractivity contribution >= 4 is 5.91 Å². The summed E-state index contributed by atoms with van der Waals surface area (Å²) in [7, 11) is 0. The predicted octanol–water partition coefficient (Wildman–Crippen LogP) is 2.71. The molecule has 0 fully saturated rings. The fourth-order valence-electron chi connectivity index (χ4n) is 2.51. The molecule has 2 atom stereocenters. The van der Waals surface area contributed by atoms with Gasteiger partial charge in [0.1, 0.15) is 11.6 Å². The highest BCUT2D eigenvalue weighted by Crippen LogP contribution is 2.17. The molecule has 0 saturated heterocycles. The van der Waals surface area contributed by atoms with Crippen LogP contribution in [0.4, 0.5) is 8.78 Å². The largest absolute Gasteiger partial charge is 0.387 e. The lowest BCUT2D eigenvalue weighted by molar-refractivity contribution is 0.0996. The highest BCUT2D eigenvalue weighted by molar-refractivity contribution is 5.93. The van der Waals surface area contributed by atoms with Gasteiger partial charge < -0.3 is 16.2 Å². The quantitative estimate of drug-likeness (QED) is 0.687. The van der Waals surface area contributed by atoms with Gasteiger partial charge >= 0.3 is 0 Å². The van der Waals surface area contributed by atoms with Crippen molar-refractivity contribution in [2.75, 3.05) is 6.54 Å². The van der Waals surface area contributed by atoms with Gasteiger partial charge in [-0.1, -0.05) is 18.2 Å². The standard InChI is InChI=1S/C19H22F2N2O2/c1-12(2-3-13-4-7-15(20)8-5-13)23-11-18(24)14-6-9-17(21)16(10-14)19(22)25/h4-10,12,18,23-24H,2-3,11H2,1H3,(H2,22,25). The van der Waals surface area contributed by atoms with Crippen LogP contribution in [0.3, 0.4) is 0 Å². The maximum absolute atomic E-state index is 13.5. The second-order valence-corrected chi connectivity index (χ2v) is 6.09. The minimum atomic E-state index is -0.882. The number of nitrogens with two attached hydrogens (primary N) is 1. The molecular formula is C19H22F2N2O2. The summed E-state index contributed by atoms with van der Waals surface area (Å²) in [5.41, 5.74) is 6.34. The van der Waals surface area contributed by atoms with Crippen LogP contribution in [0.5, 0.6) is 0 Å². The van der Waals surface area contributed by atoms with Gasteiger partial charge in [0.15, 0.2) is 0 Å². The SMILES string of the molecule is CC(CCc1ccc(F)cc1)NCC(O)c1ccc(F)c(C(N)=O)c1. The number of aliphatic hydroxyl groups excluding tert-OH is 1. The van der Waals surface area contributed by atoms with Crippen molar-refractivity contribution in [1.29, 1.82) is 0 Å². The third-order valence-corrected chi connectivity index (χ3v) is 4.08. The molecule has 0 bridgehead atoms. The third kappa shape index (κ3) is 5.62. The molecule has 134 valence electrons. The van der Waals surface area contributed by atoms with Gasteiger partial charge in [0.05, 0.1) is 11.7 Å². The highest BCUT2D eigenvalue weighted by atomic mass is 19.1. The van der Waals surface area contributed by atoms with Gasteiger partial charge in [0.25, 0.3) is 5.91 Å². The molecule has 25 heavy (non-hydrogen) atoms. The lowest BCUT2D eigenvalue weighted by Crippen LogP contribution is -2.31. The van der Waals surface area contributed by atoms with Gasteiger partial charge in [-0.25, -0.2) is 8.78 Å². The number of amides is 1. The summed E-state index contributed by atoms with van der Waals surface area (Å²) in [6, 6.07) is 10.3. The molecule has 0 heterocycles. The smallest absolute Gasteiger partial charge is 0.251 e. The van der Waals surface area contributed by atoms with Gasteiger partial charge in [-0.2, -0.15) is 0 Å². The molecule has 4 nitrogen and oxygen atoms in total. The van der Waals surface area contributed by atoms with Gasteiger partial charge in [-0.15, -0.1) is 0 Å². The second-order valence-electron chi connectivity index (χ2n) is 6.09. The molecular weight excluding hydrogens is 326 g/mol. The third-order valence-electron chi connectivity index (χ3n) is 4.08. The average molecular weight is 348 g/mol. The van der Waals surface area contributed by atoms with Gasteiger partial charge in [-0.3, -0.25) is 4.79 Å². The molecule has 2 aromatic rings. The molecule has 6 heteroatoms. The Bertz CT molecular complexity index is 720. The van der Waals surface area contributed by atoms with E-state index in [0.717, 1.165) is 24.5 Å². The van der Waals surface area contributed by atoms with Crippen LogP contribution < -0.4 is 11.1 Å². The lowest BCUT2D eigenvalue weighted by Gasteiger charge is -2.18. The molecule has 0 aliphatic rings. The monoisotopic (exact) mass is 348 g/mol. The molecule has 0 aliphatic carbocycles. The molecule has 0 spiro atoms. The van der Waals surface area contributed by atoms with Gasteiger partial charge in [0, 0.05) is 12.6 Å². The summed E-state index contributed by atoms with van der Waals surface area (Å²) in [5.74, 6) is -1.83. The number of carbonyl (C=O) groups is 1. The molecule has 1 amide bonds. The zero-order chi connectivity index (χ0) is 18.4. The molecule has 0 radical (unpaired) electrons. The van der Waals surface area contributed by atoms with Crippen LogP contribution in [0, 0.1) is 11.6 Å². The Morgan fingerprint density at radius 2 is 1.88 bits per heavy atom. The van der Waals surface area contributed by atoms with E-state index < -0.39 is 17.8 Å². The van der Waals surface area contributed by atoms with E-state index in [1.807, 2.05) is 6.92 Å². The molecule has 4 N–H and O–H groups in total. The summed E-state index contributed by atoms with van der Waals surface area (Å²) < 4.78 is 26.3. The van der Waals surface area contributed by atoms with E-state index in [2.05, 4.69) is 5.32 Å². The van der Waals surface area contributed by atoms with E-state index in [-0.39, 0.29) is 24.0 Å². The highest BCUT2D eigenvalue weighted by Gasteiger charge is 2.14. The zero-order valence-corrected chi connectivity index (χ0v) is 14.0. The first kappa shape index (κ1) is 19.0. The maximum Gasteiger partial charge on any atom is 0.251 e. The summed E-state index contributed by atoms with van der Waals surface area (Å²) in [6.07, 6.45) is 0.716. The predicted molar refractivity (Wildman–Crippen MR) is 92.1 cm³/mol. The summed E-state index contributed by atoms with van der Waals surface area (Å²) in [4.78, 5) is 11.2. The second kappa shape index (κ2) is 8.69. The van der Waals surface area contributed by atoms with E-state index >= 15 is 0 Å². The first-order valence-corrected chi connectivity index (χ1v) is 8.12. The number of aliphatic hydroxyl groups is 1. The van der Waals surface area contributed by atoms with Crippen LogP contribution in [-0.4, -0.2) is 23.6 Å². The molecule has 0 aliphatic heterocycles. The maximum atomic E-state index is 13.5. The molecule has 2 aromatic carbocycles. The number of hydrogen-bond acceptors (Lipinski definition) is 3. The Balaban J connectivity index is 1.84. The normalized spacial score (nSPS) is 13.4. The van der Waals surface area contributed by atoms with Crippen LogP contribution in [0.15, 0.2) is 42.5 Å². The number of nitrogens with one attached hydrogen (secondary N) is 1. The van der Waals surface area contributed by atoms with Crippen molar-refractivity contribution in [2.24, 2.45) is 5.73 Å². The van der Waals surface area contributed by atoms with Crippen LogP contribution >= 0.6 is 0 Å². The first-order valence-electron chi connectivity index (χ1n) is 8.12. The Morgan fingerprint density at radius 1 is 1.20 bits per heavy atom. The van der Waals surface area contributed by atoms with E-state index in [0.29, 0.717) is 5.56 Å². The number of primary amides is 1. The van der Waals surface area contributed by atoms with E-state index in [9.17, 15) is 18.7 Å². The Hall–Kier alpha value is -2.31. The number of hydrogen-bond donors (Lipinski definition) is 3. The van der Waals surface area contributed by atoms with Crippen molar-refractivity contribution in [2.45, 2.75) is 31.9 Å². The van der Waals surface area contributed by atoms with E-state index in [4.69, 9.17) is 5.73 Å². The van der Waals surface area contributed by atoms with Crippen LogP contribution in [0.2, 0.25) is 0 Å². The van der Waals surface area contributed by atoms with Gasteiger partial charge in [-0.05, 0) is 55.2 Å². The van der Waals surface area contributed by atoms with Crippen molar-refractivity contribution < 1.29 is 18.7 Å². The fraction of sp³-hybridized carbons (Fsp3) is 0.316. The first-order chi connectivity index (χ1) is 11.9. The van der Waals surface area contributed by atoms with Crippen LogP contribution in [0.1, 0.15) is 40.9 Å². The van der Waals surface area contributed by atoms with E-state index in [1.165, 1.54) is 24.3 Å². The minimum Gasteiger partial charge on any atom is -0.387 e. The number of rotatable bonds is 8. The van der Waals surface area contributed by atoms with Crippen molar-refractivity contribution in [3.8, 4) is 0 Å². The fourth-order valence-corrected chi connectivity index (χ4v) is 2.51. The topological polar surface area (TPSA) is 75.3 Å². The van der Waals surface area contributed by atoms with Crippen molar-refractivity contribution in [1.82, 2.24) is 5.32 Å². The Morgan fingerprint density at radius 3 is 2.52 bits per heavy atom. The Labute approximate surface area is 145 Å². The van der Waals surface area contributed by atoms with Crippen molar-refractivity contribution in [3.63, 3.8) is 0 Å². The average Bonchev–Trinajstić information content (AvgIpc) is 2.59. The number of carbonyl (C=O) groups excluding carboxylic acids is 1. The number of benzene rings is 2. The zero-order valence-electron chi connectivity index (χ0n) is 14.0. The summed E-state index contributed by atoms with van der Waals surface area (Å²) >= 11 is 0. The summed E-state index contributed by atoms with van der Waals surface area (Å²) in [5, 5.41) is 13.4. The van der Waals surface area contributed by atoms with Crippen molar-refractivity contribution in [3.05, 3.63) is 70.8 Å². The lowest BCUT2D eigenvalue weighted by atomic mass is 10.0. The molecule has 0 saturated carbocycles. The number of aryl methyl sites for hydroxylation is 1. The van der Waals surface area contributed by atoms with Crippen LogP contribution in [-0.2, 0) is 6.42 Å². The van der Waals surface area contributed by atoms with E-state index in [1.54, 1.807) is 12.1 Å². The summed E-state index contributed by atoms with van der Waals surface area (Å²) in [6.45, 7) is 2.24. The Kier molecular flexibility index (Phi) is 6.61. The molecule has 2 unspecified atom stereocenters. The molecule has 2 rings (SSSR count). The van der Waals surface area contributed by atoms with Crippen LogP contribution in [0.25, 0.3) is 0 Å². The van der Waals surface area contributed by atoms with Gasteiger partial charge in [0.2, 0.25) is 0 Å².